The fourth-order valence-electron chi connectivity index (χ4n) is 2.62. The van der Waals surface area contributed by atoms with Crippen molar-refractivity contribution in [1.29, 1.82) is 0 Å². The van der Waals surface area contributed by atoms with Gasteiger partial charge in [0.2, 0.25) is 0 Å². The minimum absolute atomic E-state index is 0.154. The number of amides is 1. The molecule has 8 heteroatoms. The van der Waals surface area contributed by atoms with E-state index in [1.54, 1.807) is 31.2 Å². The zero-order valence-electron chi connectivity index (χ0n) is 13.9. The Balaban J connectivity index is 2.12. The zero-order valence-corrected chi connectivity index (χ0v) is 15.5. The second kappa shape index (κ2) is 7.57. The molecule has 0 aliphatic heterocycles. The Morgan fingerprint density at radius 3 is 2.50 bits per heavy atom. The van der Waals surface area contributed by atoms with Crippen LogP contribution in [0, 0.1) is 0 Å². The van der Waals surface area contributed by atoms with Gasteiger partial charge < -0.3 is 14.7 Å². The van der Waals surface area contributed by atoms with Crippen molar-refractivity contribution in [2.24, 2.45) is 0 Å². The monoisotopic (exact) mass is 417 g/mol. The van der Waals surface area contributed by atoms with Crippen LogP contribution in [-0.4, -0.2) is 22.7 Å². The predicted molar refractivity (Wildman–Crippen MR) is 103 cm³/mol. The molecule has 0 unspecified atom stereocenters. The fourth-order valence-corrected chi connectivity index (χ4v) is 3.13. The number of carbonyl (C=O) groups is 1. The molecule has 0 aliphatic carbocycles. The summed E-state index contributed by atoms with van der Waals surface area (Å²) in [7, 11) is 0. The van der Waals surface area contributed by atoms with Crippen LogP contribution in [-0.2, 0) is 11.3 Å². The van der Waals surface area contributed by atoms with E-state index in [0.717, 1.165) is 0 Å². The number of carbonyl (C=O) groups excluding carboxylic acids is 1. The molecule has 2 aromatic carbocycles. The summed E-state index contributed by atoms with van der Waals surface area (Å²) in [5, 5.41) is 0. The standard InChI is InChI=1S/C18H16BrN3O4/c1-2-26-18(25)22(13-6-4-3-5-7-13)10-11-8-12(19)9-14-15(11)21-17(24)16(23)20-14/h3-9H,2,10H2,1H3,(H,20,23)(H,21,24). The van der Waals surface area contributed by atoms with Crippen molar-refractivity contribution in [2.75, 3.05) is 11.5 Å². The molecule has 0 aliphatic rings. The first-order chi connectivity index (χ1) is 12.5. The number of para-hydroxylation sites is 1. The Bertz CT molecular complexity index is 1060. The van der Waals surface area contributed by atoms with Crippen LogP contribution >= 0.6 is 15.9 Å². The van der Waals surface area contributed by atoms with Gasteiger partial charge in [0.15, 0.2) is 0 Å². The van der Waals surface area contributed by atoms with Gasteiger partial charge in [0.25, 0.3) is 0 Å². The number of halogens is 1. The van der Waals surface area contributed by atoms with E-state index in [0.29, 0.717) is 26.8 Å². The lowest BCUT2D eigenvalue weighted by molar-refractivity contribution is 0.159. The number of hydrogen-bond donors (Lipinski definition) is 2. The summed E-state index contributed by atoms with van der Waals surface area (Å²) < 4.78 is 5.87. The van der Waals surface area contributed by atoms with Crippen LogP contribution in [0.3, 0.4) is 0 Å². The third kappa shape index (κ3) is 3.70. The summed E-state index contributed by atoms with van der Waals surface area (Å²) in [5.41, 5.74) is 0.764. The maximum absolute atomic E-state index is 12.5. The van der Waals surface area contributed by atoms with Gasteiger partial charge in [0, 0.05) is 10.2 Å². The summed E-state index contributed by atoms with van der Waals surface area (Å²) in [4.78, 5) is 42.4. The maximum Gasteiger partial charge on any atom is 0.414 e. The van der Waals surface area contributed by atoms with E-state index in [9.17, 15) is 14.4 Å². The molecule has 0 spiro atoms. The van der Waals surface area contributed by atoms with Crippen LogP contribution in [0.4, 0.5) is 10.5 Å². The predicted octanol–water partition coefficient (Wildman–Crippen LogP) is 3.14. The summed E-state index contributed by atoms with van der Waals surface area (Å²) in [6.07, 6.45) is -0.501. The molecule has 0 fully saturated rings. The lowest BCUT2D eigenvalue weighted by Gasteiger charge is -2.22. The molecule has 7 nitrogen and oxygen atoms in total. The summed E-state index contributed by atoms with van der Waals surface area (Å²) in [5.74, 6) is 0. The molecular weight excluding hydrogens is 402 g/mol. The van der Waals surface area contributed by atoms with Crippen molar-refractivity contribution in [3.05, 3.63) is 73.2 Å². The van der Waals surface area contributed by atoms with Crippen LogP contribution in [0.2, 0.25) is 0 Å². The van der Waals surface area contributed by atoms with E-state index in [1.165, 1.54) is 4.90 Å². The molecule has 1 heterocycles. The topological polar surface area (TPSA) is 95.3 Å². The van der Waals surface area contributed by atoms with Crippen molar-refractivity contribution in [2.45, 2.75) is 13.5 Å². The van der Waals surface area contributed by atoms with E-state index in [1.807, 2.05) is 18.2 Å². The molecule has 0 radical (unpaired) electrons. The Morgan fingerprint density at radius 1 is 1.12 bits per heavy atom. The van der Waals surface area contributed by atoms with Crippen LogP contribution < -0.4 is 16.0 Å². The number of nitrogens with zero attached hydrogens (tertiary/aromatic N) is 1. The molecule has 1 aromatic heterocycles. The molecular formula is C18H16BrN3O4. The number of aromatic amines is 2. The van der Waals surface area contributed by atoms with Crippen molar-refractivity contribution in [1.82, 2.24) is 9.97 Å². The smallest absolute Gasteiger partial charge is 0.414 e. The molecule has 3 aromatic rings. The Labute approximate surface area is 156 Å². The average Bonchev–Trinajstić information content (AvgIpc) is 2.62. The molecule has 0 atom stereocenters. The molecule has 134 valence electrons. The highest BCUT2D eigenvalue weighted by Crippen LogP contribution is 2.24. The van der Waals surface area contributed by atoms with E-state index in [-0.39, 0.29) is 13.2 Å². The second-order valence-electron chi connectivity index (χ2n) is 5.52. The first kappa shape index (κ1) is 17.9. The first-order valence-electron chi connectivity index (χ1n) is 7.93. The third-order valence-corrected chi connectivity index (χ3v) is 4.22. The van der Waals surface area contributed by atoms with Gasteiger partial charge in [-0.1, -0.05) is 34.1 Å². The van der Waals surface area contributed by atoms with E-state index >= 15 is 0 Å². The highest BCUT2D eigenvalue weighted by molar-refractivity contribution is 9.10. The average molecular weight is 418 g/mol. The van der Waals surface area contributed by atoms with E-state index < -0.39 is 17.2 Å². The number of ether oxygens (including phenoxy) is 1. The normalized spacial score (nSPS) is 10.7. The van der Waals surface area contributed by atoms with Gasteiger partial charge in [-0.25, -0.2) is 4.79 Å². The van der Waals surface area contributed by atoms with Crippen LogP contribution in [0.1, 0.15) is 12.5 Å². The number of hydrogen-bond acceptors (Lipinski definition) is 4. The van der Waals surface area contributed by atoms with Crippen LogP contribution in [0.25, 0.3) is 11.0 Å². The van der Waals surface area contributed by atoms with Crippen molar-refractivity contribution >= 4 is 38.7 Å². The van der Waals surface area contributed by atoms with E-state index in [2.05, 4.69) is 25.9 Å². The van der Waals surface area contributed by atoms with Crippen molar-refractivity contribution in [3.8, 4) is 0 Å². The number of fused-ring (bicyclic) bond motifs is 1. The van der Waals surface area contributed by atoms with Gasteiger partial charge in [-0.05, 0) is 36.8 Å². The zero-order chi connectivity index (χ0) is 18.7. The van der Waals surface area contributed by atoms with Gasteiger partial charge in [0.1, 0.15) is 0 Å². The number of benzene rings is 2. The Hall–Kier alpha value is -2.87. The quantitative estimate of drug-likeness (QED) is 0.637. The fraction of sp³-hybridized carbons (Fsp3) is 0.167. The van der Waals surface area contributed by atoms with Gasteiger partial charge in [-0.15, -0.1) is 0 Å². The number of aromatic nitrogens is 2. The van der Waals surface area contributed by atoms with Crippen molar-refractivity contribution < 1.29 is 9.53 Å². The number of anilines is 1. The van der Waals surface area contributed by atoms with E-state index in [4.69, 9.17) is 4.74 Å². The largest absolute Gasteiger partial charge is 0.449 e. The third-order valence-electron chi connectivity index (χ3n) is 3.76. The summed E-state index contributed by atoms with van der Waals surface area (Å²) in [6, 6.07) is 12.5. The Morgan fingerprint density at radius 2 is 1.81 bits per heavy atom. The SMILES string of the molecule is CCOC(=O)N(Cc1cc(Br)cc2[nH]c(=O)c(=O)[nH]c12)c1ccccc1. The lowest BCUT2D eigenvalue weighted by atomic mass is 10.1. The molecule has 26 heavy (non-hydrogen) atoms. The summed E-state index contributed by atoms with van der Waals surface area (Å²) in [6.45, 7) is 2.13. The number of nitrogens with one attached hydrogen (secondary N) is 2. The van der Waals surface area contributed by atoms with Crippen LogP contribution in [0.5, 0.6) is 0 Å². The Kier molecular flexibility index (Phi) is 5.22. The maximum atomic E-state index is 12.5. The molecule has 0 saturated carbocycles. The van der Waals surface area contributed by atoms with Gasteiger partial charge in [0.05, 0.1) is 24.2 Å². The van der Waals surface area contributed by atoms with Crippen molar-refractivity contribution in [3.63, 3.8) is 0 Å². The van der Waals surface area contributed by atoms with Crippen LogP contribution in [0.15, 0.2) is 56.5 Å². The molecule has 0 saturated heterocycles. The number of rotatable bonds is 4. The molecule has 0 bridgehead atoms. The van der Waals surface area contributed by atoms with Gasteiger partial charge in [-0.3, -0.25) is 14.5 Å². The van der Waals surface area contributed by atoms with Gasteiger partial charge >= 0.3 is 17.2 Å². The highest BCUT2D eigenvalue weighted by atomic mass is 79.9. The molecule has 1 amide bonds. The first-order valence-corrected chi connectivity index (χ1v) is 8.73. The highest BCUT2D eigenvalue weighted by Gasteiger charge is 2.19. The molecule has 2 N–H and O–H groups in total. The van der Waals surface area contributed by atoms with Gasteiger partial charge in [-0.2, -0.15) is 0 Å². The minimum Gasteiger partial charge on any atom is -0.449 e. The second-order valence-corrected chi connectivity index (χ2v) is 6.43. The summed E-state index contributed by atoms with van der Waals surface area (Å²) >= 11 is 3.39. The minimum atomic E-state index is -0.747. The number of H-pyrrole nitrogens is 2. The lowest BCUT2D eigenvalue weighted by Crippen LogP contribution is -2.32. The molecule has 3 rings (SSSR count).